The Morgan fingerprint density at radius 3 is 2.68 bits per heavy atom. The van der Waals surface area contributed by atoms with Gasteiger partial charge in [0.25, 0.3) is 5.95 Å². The summed E-state index contributed by atoms with van der Waals surface area (Å²) in [5.74, 6) is -2.96. The number of nitrogen functional groups attached to an aromatic ring is 1. The summed E-state index contributed by atoms with van der Waals surface area (Å²) in [6.45, 7) is 3.44. The fourth-order valence-electron chi connectivity index (χ4n) is 3.71. The van der Waals surface area contributed by atoms with Gasteiger partial charge in [-0.05, 0) is 37.4 Å². The third-order valence-corrected chi connectivity index (χ3v) is 6.28. The predicted octanol–water partition coefficient (Wildman–Crippen LogP) is 3.70. The molecule has 0 aliphatic carbocycles. The molecule has 11 heteroatoms. The number of benzene rings is 1. The van der Waals surface area contributed by atoms with E-state index >= 15 is 0 Å². The Morgan fingerprint density at radius 2 is 1.90 bits per heavy atom. The smallest absolute Gasteiger partial charge is 0.255 e. The number of halogens is 3. The number of hydrogen-bond donors (Lipinski definition) is 2. The SMILES string of the molecule is CC1(C)C(=O)Nc2nc(-n3nc(Cc4c(F)ccc(F)c4F)c4ccsc43)nc(N)c21. The number of anilines is 2. The molecule has 0 radical (unpaired) electrons. The van der Waals surface area contributed by atoms with E-state index in [1.54, 1.807) is 25.3 Å². The number of aromatic nitrogens is 4. The Morgan fingerprint density at radius 1 is 1.16 bits per heavy atom. The van der Waals surface area contributed by atoms with Crippen LogP contribution in [-0.4, -0.2) is 25.7 Å². The topological polar surface area (TPSA) is 98.7 Å². The van der Waals surface area contributed by atoms with Crippen molar-refractivity contribution < 1.29 is 18.0 Å². The first-order valence-electron chi connectivity index (χ1n) is 9.25. The van der Waals surface area contributed by atoms with Crippen LogP contribution >= 0.6 is 11.3 Å². The largest absolute Gasteiger partial charge is 0.383 e. The Hall–Kier alpha value is -3.47. The minimum Gasteiger partial charge on any atom is -0.383 e. The van der Waals surface area contributed by atoms with Crippen molar-refractivity contribution in [1.82, 2.24) is 19.7 Å². The molecule has 5 rings (SSSR count). The minimum absolute atomic E-state index is 0.105. The average Bonchev–Trinajstić information content (AvgIpc) is 3.36. The maximum atomic E-state index is 14.2. The summed E-state index contributed by atoms with van der Waals surface area (Å²) in [4.78, 5) is 21.6. The number of carbonyl (C=O) groups excluding carboxylic acids is 1. The van der Waals surface area contributed by atoms with Crippen LogP contribution in [0.2, 0.25) is 0 Å². The summed E-state index contributed by atoms with van der Waals surface area (Å²) in [6.07, 6.45) is -0.264. The Bertz CT molecular complexity index is 1390. The number of nitrogens with two attached hydrogens (primary N) is 1. The van der Waals surface area contributed by atoms with Gasteiger partial charge in [0, 0.05) is 17.4 Å². The van der Waals surface area contributed by atoms with E-state index in [1.165, 1.54) is 16.0 Å². The molecule has 31 heavy (non-hydrogen) atoms. The van der Waals surface area contributed by atoms with Gasteiger partial charge in [0.05, 0.1) is 16.7 Å². The van der Waals surface area contributed by atoms with Gasteiger partial charge in [0.1, 0.15) is 22.3 Å². The molecular formula is C20H15F3N6OS. The van der Waals surface area contributed by atoms with Gasteiger partial charge in [-0.15, -0.1) is 11.3 Å². The van der Waals surface area contributed by atoms with Gasteiger partial charge in [0.2, 0.25) is 5.91 Å². The van der Waals surface area contributed by atoms with Crippen molar-refractivity contribution in [2.24, 2.45) is 0 Å². The molecule has 0 unspecified atom stereocenters. The van der Waals surface area contributed by atoms with Crippen LogP contribution in [0.5, 0.6) is 0 Å². The van der Waals surface area contributed by atoms with Crippen molar-refractivity contribution in [3.05, 3.63) is 57.9 Å². The highest BCUT2D eigenvalue weighted by molar-refractivity contribution is 7.16. The van der Waals surface area contributed by atoms with Gasteiger partial charge in [-0.25, -0.2) is 13.2 Å². The first-order chi connectivity index (χ1) is 14.7. The van der Waals surface area contributed by atoms with Crippen LogP contribution in [0.3, 0.4) is 0 Å². The number of rotatable bonds is 3. The van der Waals surface area contributed by atoms with Crippen LogP contribution in [0.4, 0.5) is 24.8 Å². The van der Waals surface area contributed by atoms with Crippen LogP contribution in [0.1, 0.15) is 30.7 Å². The van der Waals surface area contributed by atoms with Crippen LogP contribution in [0.15, 0.2) is 23.6 Å². The lowest BCUT2D eigenvalue weighted by atomic mass is 9.87. The standard InChI is InChI=1S/C20H15F3N6OS/c1-20(2)13-15(24)25-19(27-16(13)26-18(20)30)29-17-8(5-6-31-17)12(28-29)7-9-10(21)3-4-11(22)14(9)23/h3-6H,7H2,1-2H3,(H3,24,25,26,27,30). The lowest BCUT2D eigenvalue weighted by molar-refractivity contribution is -0.119. The van der Waals surface area contributed by atoms with Crippen molar-refractivity contribution in [1.29, 1.82) is 0 Å². The number of amides is 1. The summed E-state index contributed by atoms with van der Waals surface area (Å²) in [5, 5.41) is 9.54. The second-order valence-corrected chi connectivity index (χ2v) is 8.60. The molecular weight excluding hydrogens is 429 g/mol. The molecule has 0 spiro atoms. The van der Waals surface area contributed by atoms with Crippen LogP contribution in [0.25, 0.3) is 16.2 Å². The monoisotopic (exact) mass is 444 g/mol. The normalized spacial score (nSPS) is 14.8. The number of fused-ring (bicyclic) bond motifs is 2. The second kappa shape index (κ2) is 6.51. The quantitative estimate of drug-likeness (QED) is 0.470. The molecule has 158 valence electrons. The van der Waals surface area contributed by atoms with Crippen molar-refractivity contribution in [3.8, 4) is 5.95 Å². The predicted molar refractivity (Wildman–Crippen MR) is 110 cm³/mol. The molecule has 0 bridgehead atoms. The first-order valence-corrected chi connectivity index (χ1v) is 10.1. The van der Waals surface area contributed by atoms with Crippen molar-refractivity contribution >= 4 is 39.1 Å². The van der Waals surface area contributed by atoms with E-state index in [4.69, 9.17) is 5.73 Å². The highest BCUT2D eigenvalue weighted by Gasteiger charge is 2.42. The maximum Gasteiger partial charge on any atom is 0.255 e. The highest BCUT2D eigenvalue weighted by Crippen LogP contribution is 2.40. The van der Waals surface area contributed by atoms with Gasteiger partial charge in [-0.1, -0.05) is 0 Å². The van der Waals surface area contributed by atoms with E-state index in [0.29, 0.717) is 27.3 Å². The number of thiophene rings is 1. The van der Waals surface area contributed by atoms with E-state index in [1.807, 2.05) is 0 Å². The van der Waals surface area contributed by atoms with E-state index in [0.717, 1.165) is 12.1 Å². The van der Waals surface area contributed by atoms with Gasteiger partial charge in [0.15, 0.2) is 11.6 Å². The molecule has 0 saturated heterocycles. The number of hydrogen-bond acceptors (Lipinski definition) is 6. The molecule has 1 aliphatic rings. The molecule has 1 aromatic carbocycles. The zero-order valence-corrected chi connectivity index (χ0v) is 17.1. The van der Waals surface area contributed by atoms with E-state index in [2.05, 4.69) is 20.4 Å². The summed E-state index contributed by atoms with van der Waals surface area (Å²) >= 11 is 1.32. The second-order valence-electron chi connectivity index (χ2n) is 7.71. The number of nitrogens with one attached hydrogen (secondary N) is 1. The molecule has 0 atom stereocenters. The molecule has 4 heterocycles. The maximum absolute atomic E-state index is 14.2. The minimum atomic E-state index is -1.25. The summed E-state index contributed by atoms with van der Waals surface area (Å²) < 4.78 is 43.4. The van der Waals surface area contributed by atoms with Crippen molar-refractivity contribution in [2.45, 2.75) is 25.7 Å². The van der Waals surface area contributed by atoms with Crippen LogP contribution < -0.4 is 11.1 Å². The summed E-state index contributed by atoms with van der Waals surface area (Å²) in [7, 11) is 0. The fraction of sp³-hybridized carbons (Fsp3) is 0.200. The third-order valence-electron chi connectivity index (χ3n) is 5.39. The molecule has 0 fully saturated rings. The molecule has 0 saturated carbocycles. The molecule has 7 nitrogen and oxygen atoms in total. The number of carbonyl (C=O) groups is 1. The lowest BCUT2D eigenvalue weighted by Gasteiger charge is -2.16. The van der Waals surface area contributed by atoms with E-state index in [9.17, 15) is 18.0 Å². The Labute approximate surface area is 177 Å². The zero-order valence-electron chi connectivity index (χ0n) is 16.3. The van der Waals surface area contributed by atoms with Gasteiger partial charge >= 0.3 is 0 Å². The summed E-state index contributed by atoms with van der Waals surface area (Å²) in [5.41, 5.74) is 5.67. The molecule has 3 N–H and O–H groups in total. The van der Waals surface area contributed by atoms with Crippen LogP contribution in [0, 0.1) is 17.5 Å². The van der Waals surface area contributed by atoms with Crippen LogP contribution in [-0.2, 0) is 16.6 Å². The van der Waals surface area contributed by atoms with Gasteiger partial charge in [-0.2, -0.15) is 19.7 Å². The highest BCUT2D eigenvalue weighted by atomic mass is 32.1. The van der Waals surface area contributed by atoms with Crippen molar-refractivity contribution in [3.63, 3.8) is 0 Å². The Kier molecular flexibility index (Phi) is 4.09. The molecule has 1 aliphatic heterocycles. The van der Waals surface area contributed by atoms with E-state index in [-0.39, 0.29) is 24.1 Å². The first kappa shape index (κ1) is 19.5. The third kappa shape index (κ3) is 2.80. The Balaban J connectivity index is 1.64. The molecule has 1 amide bonds. The van der Waals surface area contributed by atoms with Gasteiger partial charge in [-0.3, -0.25) is 4.79 Å². The van der Waals surface area contributed by atoms with Crippen molar-refractivity contribution in [2.75, 3.05) is 11.1 Å². The average molecular weight is 444 g/mol. The fourth-order valence-corrected chi connectivity index (χ4v) is 4.58. The van der Waals surface area contributed by atoms with Gasteiger partial charge < -0.3 is 11.1 Å². The number of nitrogens with zero attached hydrogens (tertiary/aromatic N) is 4. The lowest BCUT2D eigenvalue weighted by Crippen LogP contribution is -2.27. The zero-order chi connectivity index (χ0) is 22.1. The van der Waals surface area contributed by atoms with E-state index < -0.39 is 28.4 Å². The molecule has 4 aromatic rings. The molecule has 3 aromatic heterocycles. The summed E-state index contributed by atoms with van der Waals surface area (Å²) in [6, 6.07) is 3.36.